The number of hydrogen-bond acceptors (Lipinski definition) is 7. The molecule has 1 saturated heterocycles. The van der Waals surface area contributed by atoms with Crippen molar-refractivity contribution in [3.05, 3.63) is 54.4 Å². The van der Waals surface area contributed by atoms with Gasteiger partial charge in [0.25, 0.3) is 0 Å². The summed E-state index contributed by atoms with van der Waals surface area (Å²) < 4.78 is 4.13. The van der Waals surface area contributed by atoms with Crippen molar-refractivity contribution in [1.29, 1.82) is 0 Å². The summed E-state index contributed by atoms with van der Waals surface area (Å²) in [5.74, 6) is 1.76. The molecular weight excluding hydrogens is 402 g/mol. The van der Waals surface area contributed by atoms with Crippen LogP contribution in [0.3, 0.4) is 0 Å². The quantitative estimate of drug-likeness (QED) is 0.462. The Bertz CT molecular complexity index is 1180. The van der Waals surface area contributed by atoms with E-state index < -0.39 is 0 Å². The van der Waals surface area contributed by atoms with Crippen molar-refractivity contribution in [2.75, 3.05) is 52.2 Å². The normalized spacial score (nSPS) is 15.5. The van der Waals surface area contributed by atoms with Crippen LogP contribution < -0.4 is 4.90 Å². The minimum Gasteiger partial charge on any atom is -0.378 e. The van der Waals surface area contributed by atoms with Crippen molar-refractivity contribution < 1.29 is 0 Å². The molecule has 1 aliphatic heterocycles. The minimum absolute atomic E-state index is 0.525. The van der Waals surface area contributed by atoms with Crippen LogP contribution in [-0.4, -0.2) is 86.9 Å². The van der Waals surface area contributed by atoms with Crippen molar-refractivity contribution in [2.24, 2.45) is 0 Å². The molecule has 2 aromatic carbocycles. The topological polar surface area (TPSA) is 71.1 Å². The van der Waals surface area contributed by atoms with E-state index in [9.17, 15) is 0 Å². The molecule has 0 unspecified atom stereocenters. The van der Waals surface area contributed by atoms with Gasteiger partial charge in [-0.2, -0.15) is 0 Å². The smallest absolute Gasteiger partial charge is 0.165 e. The zero-order chi connectivity index (χ0) is 22.1. The molecule has 1 aliphatic rings. The van der Waals surface area contributed by atoms with Crippen molar-refractivity contribution >= 4 is 16.7 Å². The lowest BCUT2D eigenvalue weighted by Crippen LogP contribution is -2.45. The van der Waals surface area contributed by atoms with Crippen molar-refractivity contribution in [1.82, 2.24) is 39.6 Å². The molecule has 3 heterocycles. The number of hydrogen-bond donors (Lipinski definition) is 0. The van der Waals surface area contributed by atoms with Gasteiger partial charge in [-0.25, -0.2) is 4.68 Å². The standard InChI is InChI=1S/C23H29N9/c1-28(2)19-10-8-18(9-11-19)23-26-25-22(31(23)17-30-14-12-29(3)13-15-30)16-32-21-7-5-4-6-20(21)24-27-32/h4-11H,12-17H2,1-3H3. The lowest BCUT2D eigenvalue weighted by Gasteiger charge is -2.33. The molecule has 4 aromatic rings. The van der Waals surface area contributed by atoms with Crippen LogP contribution in [0, 0.1) is 0 Å². The molecule has 0 N–H and O–H groups in total. The molecule has 0 atom stereocenters. The monoisotopic (exact) mass is 431 g/mol. The molecule has 2 aromatic heterocycles. The van der Waals surface area contributed by atoms with Gasteiger partial charge in [0, 0.05) is 51.5 Å². The van der Waals surface area contributed by atoms with Gasteiger partial charge in [-0.15, -0.1) is 15.3 Å². The maximum absolute atomic E-state index is 4.60. The average molecular weight is 432 g/mol. The summed E-state index contributed by atoms with van der Waals surface area (Å²) in [5.41, 5.74) is 4.11. The van der Waals surface area contributed by atoms with E-state index in [4.69, 9.17) is 0 Å². The van der Waals surface area contributed by atoms with Crippen molar-refractivity contribution in [3.63, 3.8) is 0 Å². The highest BCUT2D eigenvalue weighted by atomic mass is 15.4. The number of piperazine rings is 1. The summed E-state index contributed by atoms with van der Waals surface area (Å²) in [5, 5.41) is 17.8. The maximum atomic E-state index is 4.60. The van der Waals surface area contributed by atoms with E-state index in [0.717, 1.165) is 66.8 Å². The van der Waals surface area contributed by atoms with Gasteiger partial charge < -0.3 is 9.80 Å². The minimum atomic E-state index is 0.525. The van der Waals surface area contributed by atoms with Gasteiger partial charge in [0.2, 0.25) is 0 Å². The first-order chi connectivity index (χ1) is 15.6. The van der Waals surface area contributed by atoms with Gasteiger partial charge in [0.15, 0.2) is 11.6 Å². The molecular formula is C23H29N9. The lowest BCUT2D eigenvalue weighted by molar-refractivity contribution is 0.124. The van der Waals surface area contributed by atoms with E-state index in [1.807, 2.05) is 43.0 Å². The number of nitrogens with zero attached hydrogens (tertiary/aromatic N) is 9. The fraction of sp³-hybridized carbons (Fsp3) is 0.391. The Morgan fingerprint density at radius 3 is 2.38 bits per heavy atom. The zero-order valence-electron chi connectivity index (χ0n) is 18.9. The van der Waals surface area contributed by atoms with Crippen LogP contribution in [0.1, 0.15) is 5.82 Å². The molecule has 32 heavy (non-hydrogen) atoms. The van der Waals surface area contributed by atoms with Crippen LogP contribution in [0.15, 0.2) is 48.5 Å². The molecule has 166 valence electrons. The summed E-state index contributed by atoms with van der Waals surface area (Å²) in [6.07, 6.45) is 0. The SMILES string of the molecule is CN1CCN(Cn2c(Cn3nnc4ccccc43)nnc2-c2ccc(N(C)C)cc2)CC1. The third-order valence-corrected chi connectivity index (χ3v) is 6.12. The highest BCUT2D eigenvalue weighted by Gasteiger charge is 2.20. The summed E-state index contributed by atoms with van der Waals surface area (Å²) >= 11 is 0. The van der Waals surface area contributed by atoms with Gasteiger partial charge in [-0.05, 0) is 43.4 Å². The van der Waals surface area contributed by atoms with E-state index in [2.05, 4.69) is 71.1 Å². The maximum Gasteiger partial charge on any atom is 0.165 e. The number of rotatable bonds is 6. The number of aromatic nitrogens is 6. The predicted molar refractivity (Wildman–Crippen MR) is 125 cm³/mol. The van der Waals surface area contributed by atoms with Gasteiger partial charge in [-0.1, -0.05) is 17.3 Å². The van der Waals surface area contributed by atoms with Gasteiger partial charge in [0.1, 0.15) is 12.1 Å². The van der Waals surface area contributed by atoms with Crippen LogP contribution in [0.25, 0.3) is 22.4 Å². The Balaban J connectivity index is 1.49. The van der Waals surface area contributed by atoms with Crippen LogP contribution in [0.5, 0.6) is 0 Å². The van der Waals surface area contributed by atoms with Crippen LogP contribution in [-0.2, 0) is 13.2 Å². The molecule has 5 rings (SSSR count). The fourth-order valence-electron chi connectivity index (χ4n) is 4.08. The number of para-hydroxylation sites is 1. The van der Waals surface area contributed by atoms with Crippen molar-refractivity contribution in [3.8, 4) is 11.4 Å². The summed E-state index contributed by atoms with van der Waals surface area (Å²) in [7, 11) is 6.27. The van der Waals surface area contributed by atoms with Crippen LogP contribution >= 0.6 is 0 Å². The molecule has 1 fully saturated rings. The van der Waals surface area contributed by atoms with E-state index in [1.54, 1.807) is 0 Å². The second-order valence-corrected chi connectivity index (χ2v) is 8.61. The highest BCUT2D eigenvalue weighted by Crippen LogP contribution is 2.23. The lowest BCUT2D eigenvalue weighted by atomic mass is 10.2. The molecule has 9 heteroatoms. The summed E-state index contributed by atoms with van der Waals surface area (Å²) in [6.45, 7) is 5.47. The summed E-state index contributed by atoms with van der Waals surface area (Å²) in [4.78, 5) is 6.93. The second-order valence-electron chi connectivity index (χ2n) is 8.61. The first kappa shape index (κ1) is 20.6. The Morgan fingerprint density at radius 2 is 1.62 bits per heavy atom. The highest BCUT2D eigenvalue weighted by molar-refractivity contribution is 5.73. The summed E-state index contributed by atoms with van der Waals surface area (Å²) in [6, 6.07) is 16.5. The average Bonchev–Trinajstić information content (AvgIpc) is 3.40. The van der Waals surface area contributed by atoms with Crippen LogP contribution in [0.2, 0.25) is 0 Å². The van der Waals surface area contributed by atoms with Gasteiger partial charge >= 0.3 is 0 Å². The Morgan fingerprint density at radius 1 is 0.875 bits per heavy atom. The third kappa shape index (κ3) is 4.09. The van der Waals surface area contributed by atoms with Gasteiger partial charge in [-0.3, -0.25) is 9.47 Å². The number of anilines is 1. The Kier molecular flexibility index (Phi) is 5.59. The van der Waals surface area contributed by atoms with Crippen molar-refractivity contribution in [2.45, 2.75) is 13.2 Å². The molecule has 0 saturated carbocycles. The van der Waals surface area contributed by atoms with E-state index in [0.29, 0.717) is 6.54 Å². The molecule has 0 amide bonds. The molecule has 0 spiro atoms. The molecule has 0 aliphatic carbocycles. The number of fused-ring (bicyclic) bond motifs is 1. The van der Waals surface area contributed by atoms with Crippen LogP contribution in [0.4, 0.5) is 5.69 Å². The zero-order valence-corrected chi connectivity index (χ0v) is 18.9. The number of benzene rings is 2. The number of likely N-dealkylation sites (N-methyl/N-ethyl adjacent to an activating group) is 1. The third-order valence-electron chi connectivity index (χ3n) is 6.12. The molecule has 0 bridgehead atoms. The first-order valence-electron chi connectivity index (χ1n) is 11.0. The molecule has 0 radical (unpaired) electrons. The Hall–Kier alpha value is -3.30. The second kappa shape index (κ2) is 8.68. The van der Waals surface area contributed by atoms with E-state index in [1.165, 1.54) is 0 Å². The first-order valence-corrected chi connectivity index (χ1v) is 11.0. The predicted octanol–water partition coefficient (Wildman–Crippen LogP) is 2.01. The fourth-order valence-corrected chi connectivity index (χ4v) is 4.08. The molecule has 9 nitrogen and oxygen atoms in total. The largest absolute Gasteiger partial charge is 0.378 e. The van der Waals surface area contributed by atoms with E-state index in [-0.39, 0.29) is 0 Å². The van der Waals surface area contributed by atoms with Gasteiger partial charge in [0.05, 0.1) is 12.2 Å². The Labute approximate surface area is 187 Å². The van der Waals surface area contributed by atoms with E-state index >= 15 is 0 Å².